The quantitative estimate of drug-likeness (QED) is 0.449. The van der Waals surface area contributed by atoms with Crippen molar-refractivity contribution in [1.29, 1.82) is 0 Å². The SMILES string of the molecule is COc1ccc(C(C)c2ccc3c(c2)Cc2ccccc2S3)cc1OC. The summed E-state index contributed by atoms with van der Waals surface area (Å²) in [5.41, 5.74) is 5.39. The van der Waals surface area contributed by atoms with Crippen molar-refractivity contribution in [2.45, 2.75) is 29.1 Å². The van der Waals surface area contributed by atoms with E-state index >= 15 is 0 Å². The largest absolute Gasteiger partial charge is 0.493 e. The van der Waals surface area contributed by atoms with Crippen molar-refractivity contribution in [3.63, 3.8) is 0 Å². The van der Waals surface area contributed by atoms with Crippen LogP contribution in [0.2, 0.25) is 0 Å². The molecule has 0 N–H and O–H groups in total. The Hall–Kier alpha value is -2.39. The lowest BCUT2D eigenvalue weighted by Gasteiger charge is -2.21. The highest BCUT2D eigenvalue weighted by atomic mass is 32.2. The number of ether oxygens (including phenoxy) is 2. The standard InChI is InChI=1S/C23H22O2S/c1-15(17-8-10-20(24-2)21(14-17)25-3)16-9-11-23-19(12-16)13-18-6-4-5-7-22(18)26-23/h4-12,14-15H,13H2,1-3H3. The lowest BCUT2D eigenvalue weighted by atomic mass is 9.90. The minimum atomic E-state index is 0.294. The molecule has 0 aromatic heterocycles. The first-order chi connectivity index (χ1) is 12.7. The maximum atomic E-state index is 5.46. The van der Waals surface area contributed by atoms with Crippen molar-refractivity contribution in [1.82, 2.24) is 0 Å². The van der Waals surface area contributed by atoms with Crippen molar-refractivity contribution in [3.05, 3.63) is 82.9 Å². The number of fused-ring (bicyclic) bond motifs is 2. The molecular formula is C23H22O2S. The van der Waals surface area contributed by atoms with E-state index < -0.39 is 0 Å². The van der Waals surface area contributed by atoms with Crippen LogP contribution in [-0.4, -0.2) is 14.2 Å². The number of methoxy groups -OCH3 is 2. The van der Waals surface area contributed by atoms with Crippen molar-refractivity contribution >= 4 is 11.8 Å². The summed E-state index contributed by atoms with van der Waals surface area (Å²) in [4.78, 5) is 2.74. The first-order valence-electron chi connectivity index (χ1n) is 8.80. The van der Waals surface area contributed by atoms with Gasteiger partial charge in [-0.15, -0.1) is 0 Å². The van der Waals surface area contributed by atoms with Gasteiger partial charge in [-0.05, 0) is 52.9 Å². The second kappa shape index (κ2) is 7.08. The minimum absolute atomic E-state index is 0.294. The summed E-state index contributed by atoms with van der Waals surface area (Å²) >= 11 is 1.87. The maximum absolute atomic E-state index is 5.46. The zero-order chi connectivity index (χ0) is 18.1. The van der Waals surface area contributed by atoms with Crippen LogP contribution >= 0.6 is 11.8 Å². The van der Waals surface area contributed by atoms with Gasteiger partial charge in [0.05, 0.1) is 14.2 Å². The third kappa shape index (κ3) is 3.08. The zero-order valence-electron chi connectivity index (χ0n) is 15.3. The summed E-state index contributed by atoms with van der Waals surface area (Å²) in [6, 6.07) is 21.7. The van der Waals surface area contributed by atoms with E-state index in [0.717, 1.165) is 17.9 Å². The summed E-state index contributed by atoms with van der Waals surface area (Å²) in [7, 11) is 3.35. The number of hydrogen-bond acceptors (Lipinski definition) is 3. The lowest BCUT2D eigenvalue weighted by Crippen LogP contribution is -2.03. The molecule has 2 nitrogen and oxygen atoms in total. The molecule has 3 aromatic carbocycles. The molecule has 1 aliphatic heterocycles. The molecule has 1 atom stereocenters. The van der Waals surface area contributed by atoms with Gasteiger partial charge in [0.1, 0.15) is 0 Å². The van der Waals surface area contributed by atoms with Crippen LogP contribution < -0.4 is 9.47 Å². The molecule has 0 spiro atoms. The predicted molar refractivity (Wildman–Crippen MR) is 107 cm³/mol. The first-order valence-corrected chi connectivity index (χ1v) is 9.61. The number of rotatable bonds is 4. The number of benzene rings is 3. The van der Waals surface area contributed by atoms with Crippen LogP contribution in [0.25, 0.3) is 0 Å². The highest BCUT2D eigenvalue weighted by Crippen LogP contribution is 2.41. The Kier molecular flexibility index (Phi) is 4.64. The van der Waals surface area contributed by atoms with E-state index in [2.05, 4.69) is 61.5 Å². The Bertz CT molecular complexity index is 949. The second-order valence-electron chi connectivity index (χ2n) is 6.59. The molecule has 0 saturated carbocycles. The smallest absolute Gasteiger partial charge is 0.161 e. The van der Waals surface area contributed by atoms with Crippen LogP contribution in [0, 0.1) is 0 Å². The molecule has 26 heavy (non-hydrogen) atoms. The van der Waals surface area contributed by atoms with E-state index in [4.69, 9.17) is 9.47 Å². The van der Waals surface area contributed by atoms with E-state index in [9.17, 15) is 0 Å². The lowest BCUT2D eigenvalue weighted by molar-refractivity contribution is 0.354. The fourth-order valence-corrected chi connectivity index (χ4v) is 4.55. The second-order valence-corrected chi connectivity index (χ2v) is 7.67. The molecule has 0 amide bonds. The summed E-state index contributed by atoms with van der Waals surface area (Å²) in [6.07, 6.45) is 1.00. The highest BCUT2D eigenvalue weighted by Gasteiger charge is 2.18. The fraction of sp³-hybridized carbons (Fsp3) is 0.217. The Morgan fingerprint density at radius 1 is 0.769 bits per heavy atom. The monoisotopic (exact) mass is 362 g/mol. The van der Waals surface area contributed by atoms with E-state index in [1.165, 1.54) is 32.0 Å². The minimum Gasteiger partial charge on any atom is -0.493 e. The molecule has 0 aliphatic carbocycles. The summed E-state index contributed by atoms with van der Waals surface area (Å²) in [5.74, 6) is 1.84. The van der Waals surface area contributed by atoms with Crippen molar-refractivity contribution in [2.75, 3.05) is 14.2 Å². The molecule has 0 radical (unpaired) electrons. The van der Waals surface area contributed by atoms with E-state index in [0.29, 0.717) is 5.92 Å². The van der Waals surface area contributed by atoms with Crippen molar-refractivity contribution < 1.29 is 9.47 Å². The Morgan fingerprint density at radius 3 is 2.27 bits per heavy atom. The van der Waals surface area contributed by atoms with Gasteiger partial charge in [-0.25, -0.2) is 0 Å². The Morgan fingerprint density at radius 2 is 1.46 bits per heavy atom. The first kappa shape index (κ1) is 17.0. The van der Waals surface area contributed by atoms with Crippen LogP contribution in [0.4, 0.5) is 0 Å². The van der Waals surface area contributed by atoms with Gasteiger partial charge in [-0.1, -0.05) is 55.1 Å². The van der Waals surface area contributed by atoms with Gasteiger partial charge in [0, 0.05) is 15.7 Å². The average molecular weight is 362 g/mol. The molecule has 1 heterocycles. The van der Waals surface area contributed by atoms with Crippen LogP contribution in [-0.2, 0) is 6.42 Å². The van der Waals surface area contributed by atoms with E-state index in [1.807, 2.05) is 17.8 Å². The summed E-state index contributed by atoms with van der Waals surface area (Å²) < 4.78 is 10.8. The van der Waals surface area contributed by atoms with Gasteiger partial charge < -0.3 is 9.47 Å². The zero-order valence-corrected chi connectivity index (χ0v) is 16.1. The van der Waals surface area contributed by atoms with Crippen molar-refractivity contribution in [3.8, 4) is 11.5 Å². The summed E-state index contributed by atoms with van der Waals surface area (Å²) in [6.45, 7) is 2.24. The average Bonchev–Trinajstić information content (AvgIpc) is 2.70. The van der Waals surface area contributed by atoms with Gasteiger partial charge in [0.2, 0.25) is 0 Å². The number of hydrogen-bond donors (Lipinski definition) is 0. The van der Waals surface area contributed by atoms with Gasteiger partial charge >= 0.3 is 0 Å². The van der Waals surface area contributed by atoms with Crippen molar-refractivity contribution in [2.24, 2.45) is 0 Å². The third-order valence-electron chi connectivity index (χ3n) is 5.07. The van der Waals surface area contributed by atoms with Crippen LogP contribution in [0.5, 0.6) is 11.5 Å². The molecule has 1 unspecified atom stereocenters. The van der Waals surface area contributed by atoms with Crippen LogP contribution in [0.15, 0.2) is 70.5 Å². The van der Waals surface area contributed by atoms with E-state index in [-0.39, 0.29) is 0 Å². The maximum Gasteiger partial charge on any atom is 0.161 e. The van der Waals surface area contributed by atoms with E-state index in [1.54, 1.807) is 14.2 Å². The summed E-state index contributed by atoms with van der Waals surface area (Å²) in [5, 5.41) is 0. The Labute approximate surface area is 159 Å². The third-order valence-corrected chi connectivity index (χ3v) is 6.30. The van der Waals surface area contributed by atoms with Gasteiger partial charge in [-0.3, -0.25) is 0 Å². The predicted octanol–water partition coefficient (Wildman–Crippen LogP) is 5.91. The molecule has 3 heteroatoms. The molecule has 0 bridgehead atoms. The highest BCUT2D eigenvalue weighted by molar-refractivity contribution is 7.99. The molecule has 0 fully saturated rings. The molecular weight excluding hydrogens is 340 g/mol. The molecule has 1 aliphatic rings. The fourth-order valence-electron chi connectivity index (χ4n) is 3.49. The van der Waals surface area contributed by atoms with Gasteiger partial charge in [-0.2, -0.15) is 0 Å². The topological polar surface area (TPSA) is 18.5 Å². The molecule has 4 rings (SSSR count). The van der Waals surface area contributed by atoms with Gasteiger partial charge in [0.15, 0.2) is 11.5 Å². The normalized spacial score (nSPS) is 13.5. The molecule has 0 saturated heterocycles. The van der Waals surface area contributed by atoms with Crippen LogP contribution in [0.3, 0.4) is 0 Å². The molecule has 3 aromatic rings. The molecule has 132 valence electrons. The van der Waals surface area contributed by atoms with Crippen LogP contribution in [0.1, 0.15) is 35.1 Å². The Balaban J connectivity index is 1.65. The van der Waals surface area contributed by atoms with Gasteiger partial charge in [0.25, 0.3) is 0 Å².